The van der Waals surface area contributed by atoms with E-state index in [1.54, 1.807) is 7.11 Å². The molecule has 0 spiro atoms. The minimum atomic E-state index is -0.678. The molecule has 0 aliphatic heterocycles. The molecule has 0 unspecified atom stereocenters. The van der Waals surface area contributed by atoms with Gasteiger partial charge in [-0.3, -0.25) is 4.79 Å². The number of hydrogen-bond acceptors (Lipinski definition) is 3. The molecule has 2 aromatic rings. The highest BCUT2D eigenvalue weighted by Gasteiger charge is 2.34. The van der Waals surface area contributed by atoms with E-state index in [4.69, 9.17) is 10.5 Å². The zero-order chi connectivity index (χ0) is 16.3. The van der Waals surface area contributed by atoms with Crippen LogP contribution in [0, 0.1) is 0 Å². The number of carbonyl (C=O) groups excluding carboxylic acids is 1. The van der Waals surface area contributed by atoms with Crippen LogP contribution in [0.5, 0.6) is 5.75 Å². The second-order valence-corrected chi connectivity index (χ2v) is 6.45. The topological polar surface area (TPSA) is 64.3 Å². The van der Waals surface area contributed by atoms with E-state index < -0.39 is 5.54 Å². The maximum Gasteiger partial charge on any atom is 0.240 e. The van der Waals surface area contributed by atoms with Gasteiger partial charge in [0.05, 0.1) is 12.6 Å². The van der Waals surface area contributed by atoms with Gasteiger partial charge in [-0.2, -0.15) is 0 Å². The van der Waals surface area contributed by atoms with E-state index in [1.165, 1.54) is 6.42 Å². The Morgan fingerprint density at radius 3 is 2.50 bits per heavy atom. The first-order valence-corrected chi connectivity index (χ1v) is 8.25. The first-order chi connectivity index (χ1) is 11.1. The third-order valence-electron chi connectivity index (χ3n) is 4.76. The fourth-order valence-corrected chi connectivity index (χ4v) is 3.28. The van der Waals surface area contributed by atoms with Gasteiger partial charge in [-0.15, -0.1) is 12.4 Å². The molecule has 1 saturated carbocycles. The minimum absolute atomic E-state index is 0. The Bertz CT molecular complexity index is 712. The van der Waals surface area contributed by atoms with Crippen molar-refractivity contribution in [3.05, 3.63) is 42.0 Å². The zero-order valence-corrected chi connectivity index (χ0v) is 14.8. The van der Waals surface area contributed by atoms with E-state index in [1.807, 2.05) is 24.3 Å². The van der Waals surface area contributed by atoms with Crippen molar-refractivity contribution in [2.24, 2.45) is 5.73 Å². The van der Waals surface area contributed by atoms with E-state index >= 15 is 0 Å². The lowest BCUT2D eigenvalue weighted by molar-refractivity contribution is -0.127. The summed E-state index contributed by atoms with van der Waals surface area (Å²) in [5.74, 6) is 0.827. The number of halogens is 1. The standard InChI is InChI=1S/C19H24N2O2.ClH/c1-23-17-8-7-15-11-14(5-6-16(15)12-17)13-21-18(22)19(20)9-3-2-4-10-19;/h5-8,11-12H,2-4,9-10,13,20H2,1H3,(H,21,22);1H. The molecular weight excluding hydrogens is 324 g/mol. The van der Waals surface area contributed by atoms with E-state index in [-0.39, 0.29) is 18.3 Å². The van der Waals surface area contributed by atoms with Gasteiger partial charge in [-0.05, 0) is 47.4 Å². The van der Waals surface area contributed by atoms with Gasteiger partial charge >= 0.3 is 0 Å². The van der Waals surface area contributed by atoms with Crippen LogP contribution in [-0.4, -0.2) is 18.6 Å². The fourth-order valence-electron chi connectivity index (χ4n) is 3.28. The maximum absolute atomic E-state index is 12.4. The molecule has 2 aromatic carbocycles. The largest absolute Gasteiger partial charge is 0.497 e. The highest BCUT2D eigenvalue weighted by molar-refractivity contribution is 5.87. The van der Waals surface area contributed by atoms with Crippen LogP contribution in [0.25, 0.3) is 10.8 Å². The highest BCUT2D eigenvalue weighted by Crippen LogP contribution is 2.26. The van der Waals surface area contributed by atoms with Crippen LogP contribution < -0.4 is 15.8 Å². The maximum atomic E-state index is 12.4. The summed E-state index contributed by atoms with van der Waals surface area (Å²) < 4.78 is 5.24. The van der Waals surface area contributed by atoms with E-state index in [9.17, 15) is 4.79 Å². The third-order valence-corrected chi connectivity index (χ3v) is 4.76. The summed E-state index contributed by atoms with van der Waals surface area (Å²) in [4.78, 5) is 12.4. The first kappa shape index (κ1) is 18.6. The average Bonchev–Trinajstić information content (AvgIpc) is 2.59. The Hall–Kier alpha value is -1.78. The second-order valence-electron chi connectivity index (χ2n) is 6.45. The van der Waals surface area contributed by atoms with Crippen molar-refractivity contribution in [3.8, 4) is 5.75 Å². The predicted octanol–water partition coefficient (Wildman–Crippen LogP) is 3.55. The number of nitrogens with two attached hydrogens (primary N) is 1. The molecule has 0 heterocycles. The molecule has 4 nitrogen and oxygen atoms in total. The molecule has 1 aliphatic carbocycles. The van der Waals surface area contributed by atoms with Gasteiger partial charge in [0.25, 0.3) is 0 Å². The van der Waals surface area contributed by atoms with E-state index in [2.05, 4.69) is 17.4 Å². The van der Waals surface area contributed by atoms with Crippen molar-refractivity contribution in [1.29, 1.82) is 0 Å². The molecule has 3 rings (SSSR count). The van der Waals surface area contributed by atoms with Gasteiger partial charge < -0.3 is 15.8 Å². The van der Waals surface area contributed by atoms with Crippen molar-refractivity contribution in [2.45, 2.75) is 44.2 Å². The second kappa shape index (κ2) is 7.86. The number of ether oxygens (including phenoxy) is 1. The van der Waals surface area contributed by atoms with Crippen molar-refractivity contribution in [3.63, 3.8) is 0 Å². The summed E-state index contributed by atoms with van der Waals surface area (Å²) in [5, 5.41) is 5.27. The van der Waals surface area contributed by atoms with Gasteiger partial charge in [0.1, 0.15) is 5.75 Å². The summed E-state index contributed by atoms with van der Waals surface area (Å²) >= 11 is 0. The smallest absolute Gasteiger partial charge is 0.240 e. The Morgan fingerprint density at radius 1 is 1.12 bits per heavy atom. The molecule has 0 bridgehead atoms. The minimum Gasteiger partial charge on any atom is -0.497 e. The number of benzene rings is 2. The molecule has 1 amide bonds. The van der Waals surface area contributed by atoms with Gasteiger partial charge in [0.2, 0.25) is 5.91 Å². The lowest BCUT2D eigenvalue weighted by atomic mass is 9.82. The van der Waals surface area contributed by atoms with E-state index in [0.717, 1.165) is 47.8 Å². The van der Waals surface area contributed by atoms with Gasteiger partial charge in [0.15, 0.2) is 0 Å². The molecular formula is C19H25ClN2O2. The summed E-state index contributed by atoms with van der Waals surface area (Å²) in [6, 6.07) is 12.2. The van der Waals surface area contributed by atoms with Crippen LogP contribution in [0.4, 0.5) is 0 Å². The monoisotopic (exact) mass is 348 g/mol. The Balaban J connectivity index is 0.00000208. The lowest BCUT2D eigenvalue weighted by Gasteiger charge is -2.31. The predicted molar refractivity (Wildman–Crippen MR) is 99.6 cm³/mol. The molecule has 24 heavy (non-hydrogen) atoms. The quantitative estimate of drug-likeness (QED) is 0.888. The van der Waals surface area contributed by atoms with Gasteiger partial charge in [0, 0.05) is 6.54 Å². The number of rotatable bonds is 4. The molecule has 0 saturated heterocycles. The molecule has 0 aromatic heterocycles. The number of nitrogens with one attached hydrogen (secondary N) is 1. The highest BCUT2D eigenvalue weighted by atomic mass is 35.5. The number of carbonyl (C=O) groups is 1. The molecule has 1 aliphatic rings. The Labute approximate surface area is 149 Å². The number of hydrogen-bond donors (Lipinski definition) is 2. The van der Waals surface area contributed by atoms with Crippen molar-refractivity contribution >= 4 is 29.1 Å². The van der Waals surface area contributed by atoms with Crippen molar-refractivity contribution < 1.29 is 9.53 Å². The molecule has 0 atom stereocenters. The summed E-state index contributed by atoms with van der Waals surface area (Å²) in [6.07, 6.45) is 4.84. The van der Waals surface area contributed by atoms with Crippen LogP contribution >= 0.6 is 12.4 Å². The van der Waals surface area contributed by atoms with Crippen LogP contribution in [-0.2, 0) is 11.3 Å². The third kappa shape index (κ3) is 4.00. The van der Waals surface area contributed by atoms with Crippen LogP contribution in [0.1, 0.15) is 37.7 Å². The van der Waals surface area contributed by atoms with Crippen LogP contribution in [0.15, 0.2) is 36.4 Å². The summed E-state index contributed by atoms with van der Waals surface area (Å²) in [6.45, 7) is 0.514. The average molecular weight is 349 g/mol. The Morgan fingerprint density at radius 2 is 1.79 bits per heavy atom. The first-order valence-electron chi connectivity index (χ1n) is 8.25. The molecule has 0 radical (unpaired) electrons. The molecule has 3 N–H and O–H groups in total. The SMILES string of the molecule is COc1ccc2cc(CNC(=O)C3(N)CCCCC3)ccc2c1.Cl. The van der Waals surface area contributed by atoms with Crippen LogP contribution in [0.3, 0.4) is 0 Å². The lowest BCUT2D eigenvalue weighted by Crippen LogP contribution is -2.54. The molecule has 1 fully saturated rings. The van der Waals surface area contributed by atoms with Gasteiger partial charge in [-0.25, -0.2) is 0 Å². The van der Waals surface area contributed by atoms with E-state index in [0.29, 0.717) is 6.54 Å². The molecule has 5 heteroatoms. The number of methoxy groups -OCH3 is 1. The zero-order valence-electron chi connectivity index (χ0n) is 14.0. The van der Waals surface area contributed by atoms with Crippen LogP contribution in [0.2, 0.25) is 0 Å². The number of amides is 1. The fraction of sp³-hybridized carbons (Fsp3) is 0.421. The molecule has 130 valence electrons. The summed E-state index contributed by atoms with van der Waals surface area (Å²) in [5.41, 5.74) is 6.66. The normalized spacial score (nSPS) is 16.2. The Kier molecular flexibility index (Phi) is 6.08. The summed E-state index contributed by atoms with van der Waals surface area (Å²) in [7, 11) is 1.67. The van der Waals surface area contributed by atoms with Gasteiger partial charge in [-0.1, -0.05) is 37.5 Å². The number of fused-ring (bicyclic) bond motifs is 1. The van der Waals surface area contributed by atoms with Crippen molar-refractivity contribution in [1.82, 2.24) is 5.32 Å². The van der Waals surface area contributed by atoms with Crippen molar-refractivity contribution in [2.75, 3.05) is 7.11 Å².